The Morgan fingerprint density at radius 3 is 2.67 bits per heavy atom. The maximum Gasteiger partial charge on any atom is 0.404 e. The number of carbonyl (C=O) groups excluding carboxylic acids is 1. The Balaban J connectivity index is 2.15. The van der Waals surface area contributed by atoms with E-state index in [0.717, 1.165) is 16.8 Å². The molecule has 7 heteroatoms. The number of nitriles is 1. The number of pyridine rings is 1. The number of amides is 1. The van der Waals surface area contributed by atoms with E-state index in [0.29, 0.717) is 17.7 Å². The highest BCUT2D eigenvalue weighted by Crippen LogP contribution is 2.27. The third-order valence-electron chi connectivity index (χ3n) is 4.03. The van der Waals surface area contributed by atoms with Crippen LogP contribution in [-0.2, 0) is 9.47 Å². The fourth-order valence-electron chi connectivity index (χ4n) is 2.61. The normalized spacial score (nSPS) is 12.7. The molecule has 7 nitrogen and oxygen atoms in total. The van der Waals surface area contributed by atoms with Crippen LogP contribution in [0.2, 0.25) is 0 Å². The van der Waals surface area contributed by atoms with Gasteiger partial charge >= 0.3 is 6.09 Å². The van der Waals surface area contributed by atoms with Crippen LogP contribution in [0.4, 0.5) is 4.79 Å². The molecule has 2 rings (SSSR count). The van der Waals surface area contributed by atoms with Crippen molar-refractivity contribution in [3.05, 3.63) is 47.8 Å². The molecule has 1 amide bonds. The van der Waals surface area contributed by atoms with Crippen molar-refractivity contribution in [3.8, 4) is 22.9 Å². The number of aryl methyl sites for hydroxylation is 1. The van der Waals surface area contributed by atoms with Gasteiger partial charge in [0, 0.05) is 25.4 Å². The molecule has 0 aliphatic carbocycles. The Bertz CT molecular complexity index is 832. The molecular formula is C20H23N3O4. The molecule has 2 aromatic rings. The standard InChI is InChI=1S/C20H23N3O4/c1-13-8-16(6-7-23-13)15-4-5-19(17(10-15)11-21)26-12-18(27-20(22)24)9-14(2)25-3/h4-8,10,14,18H,9,12H2,1-3H3,(H2,22,24). The van der Waals surface area contributed by atoms with E-state index in [9.17, 15) is 10.1 Å². The Morgan fingerprint density at radius 2 is 2.04 bits per heavy atom. The lowest BCUT2D eigenvalue weighted by atomic mass is 10.0. The van der Waals surface area contributed by atoms with Gasteiger partial charge in [-0.05, 0) is 49.2 Å². The highest BCUT2D eigenvalue weighted by Gasteiger charge is 2.18. The summed E-state index contributed by atoms with van der Waals surface area (Å²) < 4.78 is 16.0. The van der Waals surface area contributed by atoms with Crippen LogP contribution < -0.4 is 10.5 Å². The minimum atomic E-state index is -0.879. The molecule has 1 aromatic heterocycles. The summed E-state index contributed by atoms with van der Waals surface area (Å²) in [4.78, 5) is 15.3. The maximum absolute atomic E-state index is 11.1. The van der Waals surface area contributed by atoms with Gasteiger partial charge in [0.25, 0.3) is 0 Å². The van der Waals surface area contributed by atoms with Crippen LogP contribution in [0.25, 0.3) is 11.1 Å². The van der Waals surface area contributed by atoms with Gasteiger partial charge < -0.3 is 19.9 Å². The highest BCUT2D eigenvalue weighted by molar-refractivity contribution is 5.67. The summed E-state index contributed by atoms with van der Waals surface area (Å²) in [6, 6.07) is 11.3. The van der Waals surface area contributed by atoms with Crippen LogP contribution in [0.5, 0.6) is 5.75 Å². The summed E-state index contributed by atoms with van der Waals surface area (Å²) in [6.07, 6.45) is 0.563. The van der Waals surface area contributed by atoms with Gasteiger partial charge in [-0.15, -0.1) is 0 Å². The Morgan fingerprint density at radius 1 is 1.30 bits per heavy atom. The lowest BCUT2D eigenvalue weighted by Gasteiger charge is -2.20. The van der Waals surface area contributed by atoms with Crippen molar-refractivity contribution in [3.63, 3.8) is 0 Å². The number of hydrogen-bond acceptors (Lipinski definition) is 6. The first kappa shape index (κ1) is 20.2. The fraction of sp³-hybridized carbons (Fsp3) is 0.350. The van der Waals surface area contributed by atoms with Gasteiger partial charge in [-0.3, -0.25) is 4.98 Å². The van der Waals surface area contributed by atoms with Crippen LogP contribution in [0, 0.1) is 18.3 Å². The molecule has 1 aromatic carbocycles. The van der Waals surface area contributed by atoms with Crippen molar-refractivity contribution < 1.29 is 19.0 Å². The van der Waals surface area contributed by atoms with E-state index in [4.69, 9.17) is 19.9 Å². The van der Waals surface area contributed by atoms with E-state index in [1.807, 2.05) is 32.0 Å². The molecule has 0 aliphatic rings. The molecule has 0 bridgehead atoms. The first-order valence-electron chi connectivity index (χ1n) is 8.51. The van der Waals surface area contributed by atoms with Crippen LogP contribution >= 0.6 is 0 Å². The molecule has 142 valence electrons. The average Bonchev–Trinajstić information content (AvgIpc) is 2.65. The predicted molar refractivity (Wildman–Crippen MR) is 100 cm³/mol. The average molecular weight is 369 g/mol. The van der Waals surface area contributed by atoms with E-state index in [-0.39, 0.29) is 12.7 Å². The van der Waals surface area contributed by atoms with Crippen molar-refractivity contribution in [2.45, 2.75) is 32.5 Å². The molecule has 1 heterocycles. The quantitative estimate of drug-likeness (QED) is 0.765. The number of benzene rings is 1. The van der Waals surface area contributed by atoms with E-state index >= 15 is 0 Å². The third kappa shape index (κ3) is 5.97. The molecule has 2 N–H and O–H groups in total. The molecule has 27 heavy (non-hydrogen) atoms. The molecular weight excluding hydrogens is 346 g/mol. The molecule has 0 saturated heterocycles. The van der Waals surface area contributed by atoms with Gasteiger partial charge in [-0.2, -0.15) is 5.26 Å². The molecule has 0 radical (unpaired) electrons. The van der Waals surface area contributed by atoms with E-state index in [1.165, 1.54) is 0 Å². The molecule has 0 spiro atoms. The van der Waals surface area contributed by atoms with Crippen molar-refractivity contribution in [1.82, 2.24) is 4.98 Å². The minimum Gasteiger partial charge on any atom is -0.488 e. The summed E-state index contributed by atoms with van der Waals surface area (Å²) in [5.74, 6) is 0.412. The van der Waals surface area contributed by atoms with Gasteiger partial charge in [-0.25, -0.2) is 4.79 Å². The Kier molecular flexibility index (Phi) is 7.15. The Labute approximate surface area is 158 Å². The number of ether oxygens (including phenoxy) is 3. The number of hydrogen-bond donors (Lipinski definition) is 1. The highest BCUT2D eigenvalue weighted by atomic mass is 16.6. The van der Waals surface area contributed by atoms with Gasteiger partial charge in [0.2, 0.25) is 0 Å². The van der Waals surface area contributed by atoms with Crippen molar-refractivity contribution in [2.24, 2.45) is 5.73 Å². The topological polar surface area (TPSA) is 107 Å². The summed E-state index contributed by atoms with van der Waals surface area (Å²) in [6.45, 7) is 3.83. The number of methoxy groups -OCH3 is 1. The van der Waals surface area contributed by atoms with Gasteiger partial charge in [0.15, 0.2) is 0 Å². The molecule has 2 atom stereocenters. The number of primary amides is 1. The van der Waals surface area contributed by atoms with Gasteiger partial charge in [-0.1, -0.05) is 6.07 Å². The van der Waals surface area contributed by atoms with Gasteiger partial charge in [0.1, 0.15) is 24.5 Å². The minimum absolute atomic E-state index is 0.0685. The number of aromatic nitrogens is 1. The fourth-order valence-corrected chi connectivity index (χ4v) is 2.61. The smallest absolute Gasteiger partial charge is 0.404 e. The molecule has 0 aliphatic heterocycles. The number of carbonyl (C=O) groups is 1. The van der Waals surface area contributed by atoms with Gasteiger partial charge in [0.05, 0.1) is 11.7 Å². The predicted octanol–water partition coefficient (Wildman–Crippen LogP) is 3.20. The second kappa shape index (κ2) is 9.55. The molecule has 0 saturated carbocycles. The molecule has 2 unspecified atom stereocenters. The van der Waals surface area contributed by atoms with Crippen LogP contribution in [0.1, 0.15) is 24.6 Å². The van der Waals surface area contributed by atoms with E-state index in [1.54, 1.807) is 25.4 Å². The largest absolute Gasteiger partial charge is 0.488 e. The first-order chi connectivity index (χ1) is 12.9. The second-order valence-electron chi connectivity index (χ2n) is 6.16. The number of nitrogens with two attached hydrogens (primary N) is 1. The number of nitrogens with zero attached hydrogens (tertiary/aromatic N) is 2. The molecule has 0 fully saturated rings. The second-order valence-corrected chi connectivity index (χ2v) is 6.16. The zero-order chi connectivity index (χ0) is 19.8. The summed E-state index contributed by atoms with van der Waals surface area (Å²) in [5, 5.41) is 9.47. The lowest BCUT2D eigenvalue weighted by Crippen LogP contribution is -2.31. The van der Waals surface area contributed by atoms with Crippen molar-refractivity contribution >= 4 is 6.09 Å². The maximum atomic E-state index is 11.1. The first-order valence-corrected chi connectivity index (χ1v) is 8.51. The summed E-state index contributed by atoms with van der Waals surface area (Å²) in [7, 11) is 1.57. The van der Waals surface area contributed by atoms with Crippen molar-refractivity contribution in [2.75, 3.05) is 13.7 Å². The van der Waals surface area contributed by atoms with Crippen LogP contribution in [-0.4, -0.2) is 37.0 Å². The Hall–Kier alpha value is -3.11. The van der Waals surface area contributed by atoms with E-state index < -0.39 is 12.2 Å². The van der Waals surface area contributed by atoms with Crippen LogP contribution in [0.3, 0.4) is 0 Å². The third-order valence-corrected chi connectivity index (χ3v) is 4.03. The SMILES string of the molecule is COC(C)CC(COc1ccc(-c2ccnc(C)c2)cc1C#N)OC(N)=O. The monoisotopic (exact) mass is 369 g/mol. The zero-order valence-corrected chi connectivity index (χ0v) is 15.6. The van der Waals surface area contributed by atoms with E-state index in [2.05, 4.69) is 11.1 Å². The summed E-state index contributed by atoms with van der Waals surface area (Å²) >= 11 is 0. The zero-order valence-electron chi connectivity index (χ0n) is 15.6. The van der Waals surface area contributed by atoms with Crippen molar-refractivity contribution in [1.29, 1.82) is 5.26 Å². The number of rotatable bonds is 8. The van der Waals surface area contributed by atoms with Crippen LogP contribution in [0.15, 0.2) is 36.5 Å². The summed E-state index contributed by atoms with van der Waals surface area (Å²) in [5.41, 5.74) is 8.26. The lowest BCUT2D eigenvalue weighted by molar-refractivity contribution is 0.0216.